The van der Waals surface area contributed by atoms with Crippen molar-refractivity contribution >= 4 is 17.3 Å². The molecule has 116 valence electrons. The number of nitrogens with one attached hydrogen (secondary N) is 1. The Labute approximate surface area is 133 Å². The Balaban J connectivity index is 1.64. The van der Waals surface area contributed by atoms with E-state index in [2.05, 4.69) is 40.4 Å². The van der Waals surface area contributed by atoms with Crippen molar-refractivity contribution in [1.29, 1.82) is 0 Å². The lowest BCUT2D eigenvalue weighted by Crippen LogP contribution is -2.44. The van der Waals surface area contributed by atoms with Gasteiger partial charge in [0, 0.05) is 26.2 Å². The van der Waals surface area contributed by atoms with Crippen molar-refractivity contribution in [2.45, 2.75) is 19.3 Å². The number of halogens is 1. The molecule has 2 aliphatic heterocycles. The van der Waals surface area contributed by atoms with Crippen LogP contribution >= 0.6 is 11.6 Å². The largest absolute Gasteiger partial charge is 0.368 e. The lowest BCUT2D eigenvalue weighted by atomic mass is 9.92. The van der Waals surface area contributed by atoms with E-state index in [1.807, 2.05) is 0 Å². The highest BCUT2D eigenvalue weighted by Gasteiger charge is 2.18. The number of hydrogen-bond acceptors (Lipinski definition) is 3. The molecule has 0 aromatic heterocycles. The summed E-state index contributed by atoms with van der Waals surface area (Å²) in [5.74, 6) is 0.768. The Morgan fingerprint density at radius 2 is 2.05 bits per heavy atom. The van der Waals surface area contributed by atoms with Gasteiger partial charge in [-0.15, -0.1) is 0 Å². The summed E-state index contributed by atoms with van der Waals surface area (Å²) in [5, 5.41) is 4.41. The van der Waals surface area contributed by atoms with Crippen LogP contribution in [-0.4, -0.2) is 51.2 Å². The zero-order valence-corrected chi connectivity index (χ0v) is 13.7. The number of piperidine rings is 1. The van der Waals surface area contributed by atoms with Crippen LogP contribution in [0.3, 0.4) is 0 Å². The SMILES string of the molecule is CN1CCN(c2ccc(CC3CCCNC3)cc2Cl)CC1. The van der Waals surface area contributed by atoms with Crippen molar-refractivity contribution in [3.8, 4) is 0 Å². The summed E-state index contributed by atoms with van der Waals surface area (Å²) in [5.41, 5.74) is 2.59. The van der Waals surface area contributed by atoms with Crippen molar-refractivity contribution < 1.29 is 0 Å². The van der Waals surface area contributed by atoms with Crippen molar-refractivity contribution in [3.05, 3.63) is 28.8 Å². The van der Waals surface area contributed by atoms with E-state index in [1.165, 1.54) is 30.6 Å². The summed E-state index contributed by atoms with van der Waals surface area (Å²) < 4.78 is 0. The molecule has 1 N–H and O–H groups in total. The number of piperazine rings is 1. The summed E-state index contributed by atoms with van der Waals surface area (Å²) in [6.45, 7) is 6.71. The number of anilines is 1. The van der Waals surface area contributed by atoms with E-state index < -0.39 is 0 Å². The Hall–Kier alpha value is -0.770. The molecular formula is C17H26ClN3. The van der Waals surface area contributed by atoms with Crippen LogP contribution in [0.5, 0.6) is 0 Å². The first-order chi connectivity index (χ1) is 10.2. The first kappa shape index (κ1) is 15.1. The van der Waals surface area contributed by atoms with Crippen LogP contribution in [0, 0.1) is 5.92 Å². The zero-order valence-electron chi connectivity index (χ0n) is 12.9. The Kier molecular flexibility index (Phi) is 5.04. The molecule has 2 fully saturated rings. The Morgan fingerprint density at radius 1 is 1.24 bits per heavy atom. The second-order valence-electron chi connectivity index (χ2n) is 6.49. The predicted octanol–water partition coefficient (Wildman–Crippen LogP) is 2.63. The van der Waals surface area contributed by atoms with Gasteiger partial charge in [-0.2, -0.15) is 0 Å². The zero-order chi connectivity index (χ0) is 14.7. The molecule has 21 heavy (non-hydrogen) atoms. The summed E-state index contributed by atoms with van der Waals surface area (Å²) in [6, 6.07) is 6.68. The van der Waals surface area contributed by atoms with Gasteiger partial charge in [0.2, 0.25) is 0 Å². The number of rotatable bonds is 3. The van der Waals surface area contributed by atoms with Crippen molar-refractivity contribution in [2.24, 2.45) is 5.92 Å². The van der Waals surface area contributed by atoms with Crippen LogP contribution in [0.25, 0.3) is 0 Å². The van der Waals surface area contributed by atoms with Crippen molar-refractivity contribution in [2.75, 3.05) is 51.2 Å². The minimum atomic E-state index is 0.768. The van der Waals surface area contributed by atoms with E-state index in [-0.39, 0.29) is 0 Å². The first-order valence-electron chi connectivity index (χ1n) is 8.15. The third kappa shape index (κ3) is 3.91. The van der Waals surface area contributed by atoms with E-state index in [1.54, 1.807) is 0 Å². The highest BCUT2D eigenvalue weighted by Crippen LogP contribution is 2.29. The van der Waals surface area contributed by atoms with E-state index >= 15 is 0 Å². The highest BCUT2D eigenvalue weighted by molar-refractivity contribution is 6.33. The second kappa shape index (κ2) is 6.99. The van der Waals surface area contributed by atoms with Crippen LogP contribution in [0.15, 0.2) is 18.2 Å². The molecule has 0 radical (unpaired) electrons. The minimum absolute atomic E-state index is 0.768. The third-order valence-electron chi connectivity index (χ3n) is 4.78. The predicted molar refractivity (Wildman–Crippen MR) is 90.5 cm³/mol. The molecule has 0 spiro atoms. The smallest absolute Gasteiger partial charge is 0.0642 e. The van der Waals surface area contributed by atoms with Gasteiger partial charge in [-0.3, -0.25) is 0 Å². The molecule has 4 heteroatoms. The van der Waals surface area contributed by atoms with Gasteiger partial charge in [0.1, 0.15) is 0 Å². The van der Waals surface area contributed by atoms with Gasteiger partial charge in [-0.05, 0) is 63.0 Å². The quantitative estimate of drug-likeness (QED) is 0.926. The number of hydrogen-bond donors (Lipinski definition) is 1. The van der Waals surface area contributed by atoms with Crippen LogP contribution in [0.4, 0.5) is 5.69 Å². The number of nitrogens with zero attached hydrogens (tertiary/aromatic N) is 2. The van der Waals surface area contributed by atoms with Crippen LogP contribution in [-0.2, 0) is 6.42 Å². The molecule has 0 aliphatic carbocycles. The lowest BCUT2D eigenvalue weighted by Gasteiger charge is -2.34. The molecular weight excluding hydrogens is 282 g/mol. The van der Waals surface area contributed by atoms with Gasteiger partial charge in [-0.25, -0.2) is 0 Å². The van der Waals surface area contributed by atoms with Gasteiger partial charge in [0.25, 0.3) is 0 Å². The molecule has 2 heterocycles. The Bertz CT molecular complexity index is 463. The molecule has 3 nitrogen and oxygen atoms in total. The van der Waals surface area contributed by atoms with Crippen LogP contribution < -0.4 is 10.2 Å². The molecule has 1 aromatic rings. The maximum Gasteiger partial charge on any atom is 0.0642 e. The molecule has 0 bridgehead atoms. The molecule has 0 saturated carbocycles. The van der Waals surface area contributed by atoms with Crippen LogP contribution in [0.1, 0.15) is 18.4 Å². The van der Waals surface area contributed by atoms with Crippen LogP contribution in [0.2, 0.25) is 5.02 Å². The average Bonchev–Trinajstić information content (AvgIpc) is 2.50. The fourth-order valence-corrected chi connectivity index (χ4v) is 3.74. The fourth-order valence-electron chi connectivity index (χ4n) is 3.41. The van der Waals surface area contributed by atoms with E-state index in [9.17, 15) is 0 Å². The Morgan fingerprint density at radius 3 is 2.71 bits per heavy atom. The fraction of sp³-hybridized carbons (Fsp3) is 0.647. The topological polar surface area (TPSA) is 18.5 Å². The monoisotopic (exact) mass is 307 g/mol. The maximum atomic E-state index is 6.55. The first-order valence-corrected chi connectivity index (χ1v) is 8.53. The minimum Gasteiger partial charge on any atom is -0.368 e. The average molecular weight is 308 g/mol. The molecule has 1 atom stereocenters. The maximum absolute atomic E-state index is 6.55. The normalized spacial score (nSPS) is 24.3. The number of benzene rings is 1. The van der Waals surface area contributed by atoms with Gasteiger partial charge in [0.05, 0.1) is 10.7 Å². The van der Waals surface area contributed by atoms with Gasteiger partial charge in [-0.1, -0.05) is 17.7 Å². The molecule has 2 saturated heterocycles. The molecule has 3 rings (SSSR count). The van der Waals surface area contributed by atoms with Gasteiger partial charge in [0.15, 0.2) is 0 Å². The summed E-state index contributed by atoms with van der Waals surface area (Å²) in [7, 11) is 2.18. The van der Waals surface area contributed by atoms with E-state index in [0.29, 0.717) is 0 Å². The summed E-state index contributed by atoms with van der Waals surface area (Å²) in [6.07, 6.45) is 3.79. The number of likely N-dealkylation sites (N-methyl/N-ethyl adjacent to an activating group) is 1. The van der Waals surface area contributed by atoms with Crippen molar-refractivity contribution in [3.63, 3.8) is 0 Å². The van der Waals surface area contributed by atoms with E-state index in [4.69, 9.17) is 11.6 Å². The highest BCUT2D eigenvalue weighted by atomic mass is 35.5. The molecule has 1 unspecified atom stereocenters. The van der Waals surface area contributed by atoms with Crippen molar-refractivity contribution in [1.82, 2.24) is 10.2 Å². The second-order valence-corrected chi connectivity index (χ2v) is 6.90. The molecule has 0 amide bonds. The van der Waals surface area contributed by atoms with E-state index in [0.717, 1.165) is 50.1 Å². The summed E-state index contributed by atoms with van der Waals surface area (Å²) in [4.78, 5) is 4.78. The lowest BCUT2D eigenvalue weighted by molar-refractivity contribution is 0.313. The molecule has 2 aliphatic rings. The van der Waals surface area contributed by atoms with Gasteiger partial charge >= 0.3 is 0 Å². The molecule has 1 aromatic carbocycles. The standard InChI is InChI=1S/C17H26ClN3/c1-20-7-9-21(10-8-20)17-5-4-14(12-16(17)18)11-15-3-2-6-19-13-15/h4-5,12,15,19H,2-3,6-11,13H2,1H3. The summed E-state index contributed by atoms with van der Waals surface area (Å²) >= 11 is 6.55. The van der Waals surface area contributed by atoms with Gasteiger partial charge < -0.3 is 15.1 Å². The third-order valence-corrected chi connectivity index (χ3v) is 5.08.